The van der Waals surface area contributed by atoms with Crippen LogP contribution in [0.5, 0.6) is 0 Å². The molecule has 2 atom stereocenters. The number of Topliss-reactive ketones (excluding diaryl/α,β-unsaturated/α-hetero) is 1. The molecular weight excluding hydrogens is 324 g/mol. The van der Waals surface area contributed by atoms with Gasteiger partial charge in [0.25, 0.3) is 0 Å². The predicted molar refractivity (Wildman–Crippen MR) is 106 cm³/mol. The van der Waals surface area contributed by atoms with Crippen LogP contribution in [0.15, 0.2) is 42.0 Å². The van der Waals surface area contributed by atoms with Gasteiger partial charge in [0.1, 0.15) is 0 Å². The molecule has 0 bridgehead atoms. The molecule has 26 heavy (non-hydrogen) atoms. The molecule has 0 aliphatic carbocycles. The van der Waals surface area contributed by atoms with Crippen LogP contribution >= 0.6 is 0 Å². The van der Waals surface area contributed by atoms with E-state index in [2.05, 4.69) is 26.8 Å². The molecule has 0 spiro atoms. The first-order chi connectivity index (χ1) is 12.5. The third-order valence-electron chi connectivity index (χ3n) is 4.85. The Morgan fingerprint density at radius 2 is 1.96 bits per heavy atom. The van der Waals surface area contributed by atoms with Crippen LogP contribution in [0.2, 0.25) is 0 Å². The fourth-order valence-corrected chi connectivity index (χ4v) is 3.23. The Morgan fingerprint density at radius 3 is 2.69 bits per heavy atom. The highest BCUT2D eigenvalue weighted by atomic mass is 16.7. The minimum absolute atomic E-state index is 0.0452. The highest BCUT2D eigenvalue weighted by Crippen LogP contribution is 2.21. The molecule has 2 unspecified atom stereocenters. The zero-order chi connectivity index (χ0) is 18.8. The van der Waals surface area contributed by atoms with E-state index in [9.17, 15) is 4.79 Å². The molecule has 144 valence electrons. The molecule has 3 heteroatoms. The molecule has 0 radical (unpaired) electrons. The van der Waals surface area contributed by atoms with E-state index in [0.29, 0.717) is 13.0 Å². The van der Waals surface area contributed by atoms with Gasteiger partial charge in [-0.3, -0.25) is 4.79 Å². The maximum absolute atomic E-state index is 12.2. The van der Waals surface area contributed by atoms with Gasteiger partial charge in [-0.25, -0.2) is 0 Å². The second-order valence-corrected chi connectivity index (χ2v) is 7.76. The predicted octanol–water partition coefficient (Wildman–Crippen LogP) is 5.94. The van der Waals surface area contributed by atoms with Crippen molar-refractivity contribution in [3.05, 3.63) is 47.5 Å². The second-order valence-electron chi connectivity index (χ2n) is 7.76. The second kappa shape index (κ2) is 11.3. The highest BCUT2D eigenvalue weighted by Gasteiger charge is 2.25. The first-order valence-electron chi connectivity index (χ1n) is 10.1. The van der Waals surface area contributed by atoms with E-state index in [1.54, 1.807) is 0 Å². The van der Waals surface area contributed by atoms with Gasteiger partial charge in [0.15, 0.2) is 12.1 Å². The molecule has 1 aliphatic heterocycles. The molecule has 1 saturated heterocycles. The van der Waals surface area contributed by atoms with E-state index in [-0.39, 0.29) is 18.2 Å². The van der Waals surface area contributed by atoms with Crippen LogP contribution in [-0.2, 0) is 9.47 Å². The fourth-order valence-electron chi connectivity index (χ4n) is 3.23. The lowest BCUT2D eigenvalue weighted by Crippen LogP contribution is -2.14. The van der Waals surface area contributed by atoms with Gasteiger partial charge in [0, 0.05) is 18.4 Å². The summed E-state index contributed by atoms with van der Waals surface area (Å²) in [5, 5.41) is 0. The molecule has 0 amide bonds. The van der Waals surface area contributed by atoms with Crippen molar-refractivity contribution in [3.8, 4) is 0 Å². The summed E-state index contributed by atoms with van der Waals surface area (Å²) in [6, 6.07) is 9.46. The van der Waals surface area contributed by atoms with Crippen LogP contribution in [0.1, 0.15) is 76.1 Å². The Balaban J connectivity index is 1.60. The Morgan fingerprint density at radius 1 is 1.19 bits per heavy atom. The average molecular weight is 359 g/mol. The van der Waals surface area contributed by atoms with Crippen LogP contribution in [0.25, 0.3) is 0 Å². The van der Waals surface area contributed by atoms with E-state index in [1.165, 1.54) is 24.8 Å². The molecule has 0 saturated carbocycles. The van der Waals surface area contributed by atoms with Crippen molar-refractivity contribution in [3.63, 3.8) is 0 Å². The number of ether oxygens (including phenoxy) is 2. The molecule has 0 aromatic heterocycles. The number of rotatable bonds is 11. The lowest BCUT2D eigenvalue weighted by atomic mass is 10.0. The highest BCUT2D eigenvalue weighted by molar-refractivity contribution is 5.95. The van der Waals surface area contributed by atoms with Gasteiger partial charge in [-0.05, 0) is 38.5 Å². The zero-order valence-electron chi connectivity index (χ0n) is 16.6. The number of carbonyl (C=O) groups excluding carboxylic acids is 1. The van der Waals surface area contributed by atoms with Crippen LogP contribution in [0.3, 0.4) is 0 Å². The van der Waals surface area contributed by atoms with E-state index in [1.807, 2.05) is 30.3 Å². The fraction of sp³-hybridized carbons (Fsp3) is 0.609. The third kappa shape index (κ3) is 7.84. The van der Waals surface area contributed by atoms with Gasteiger partial charge < -0.3 is 9.47 Å². The number of hydrogen-bond acceptors (Lipinski definition) is 3. The molecule has 1 aromatic rings. The quantitative estimate of drug-likeness (QED) is 0.362. The first-order valence-corrected chi connectivity index (χ1v) is 10.1. The van der Waals surface area contributed by atoms with Crippen molar-refractivity contribution in [2.75, 3.05) is 6.61 Å². The summed E-state index contributed by atoms with van der Waals surface area (Å²) in [5.74, 6) is 0.964. The summed E-state index contributed by atoms with van der Waals surface area (Å²) in [6.45, 7) is 7.37. The summed E-state index contributed by atoms with van der Waals surface area (Å²) in [6.07, 6.45) is 9.13. The Kier molecular flexibility index (Phi) is 9.07. The Bertz CT molecular complexity index is 562. The largest absolute Gasteiger partial charge is 0.350 e. The lowest BCUT2D eigenvalue weighted by molar-refractivity contribution is -0.0620. The van der Waals surface area contributed by atoms with E-state index in [0.717, 1.165) is 30.7 Å². The molecule has 1 heterocycles. The Labute approximate surface area is 158 Å². The first kappa shape index (κ1) is 20.9. The summed E-state index contributed by atoms with van der Waals surface area (Å²) >= 11 is 0. The number of ketones is 1. The molecule has 1 fully saturated rings. The number of allylic oxidation sites excluding steroid dienone is 2. The topological polar surface area (TPSA) is 35.5 Å². The summed E-state index contributed by atoms with van der Waals surface area (Å²) in [4.78, 5) is 12.2. The standard InChI is InChI=1S/C23H34O3/c1-18(2)9-7-10-19(3)11-8-14-23-25-17-21(26-23)15-16-22(24)20-12-5-4-6-13-20/h4-6,11-13,18,21,23H,7-10,14-17H2,1-3H3/b19-11-. The van der Waals surface area contributed by atoms with Gasteiger partial charge in [0.2, 0.25) is 0 Å². The van der Waals surface area contributed by atoms with Gasteiger partial charge in [-0.15, -0.1) is 0 Å². The monoisotopic (exact) mass is 358 g/mol. The summed E-state index contributed by atoms with van der Waals surface area (Å²) in [7, 11) is 0. The minimum atomic E-state index is -0.119. The zero-order valence-corrected chi connectivity index (χ0v) is 16.6. The lowest BCUT2D eigenvalue weighted by Gasteiger charge is -2.11. The van der Waals surface area contributed by atoms with Gasteiger partial charge in [-0.2, -0.15) is 0 Å². The number of carbonyl (C=O) groups is 1. The SMILES string of the molecule is C/C(=C/CCC1OCC(CCC(=O)c2ccccc2)O1)CCCC(C)C. The van der Waals surface area contributed by atoms with Crippen molar-refractivity contribution >= 4 is 5.78 Å². The van der Waals surface area contributed by atoms with Gasteiger partial charge >= 0.3 is 0 Å². The van der Waals surface area contributed by atoms with Crippen molar-refractivity contribution < 1.29 is 14.3 Å². The molecular formula is C23H34O3. The molecule has 0 N–H and O–H groups in total. The van der Waals surface area contributed by atoms with Gasteiger partial charge in [0.05, 0.1) is 12.7 Å². The normalized spacial score (nSPS) is 20.7. The van der Waals surface area contributed by atoms with Gasteiger partial charge in [-0.1, -0.05) is 62.2 Å². The average Bonchev–Trinajstić information content (AvgIpc) is 3.08. The maximum Gasteiger partial charge on any atom is 0.162 e. The maximum atomic E-state index is 12.2. The Hall–Kier alpha value is -1.45. The van der Waals surface area contributed by atoms with Crippen molar-refractivity contribution in [1.29, 1.82) is 0 Å². The molecule has 1 aliphatic rings. The summed E-state index contributed by atoms with van der Waals surface area (Å²) in [5.41, 5.74) is 2.25. The van der Waals surface area contributed by atoms with Crippen LogP contribution < -0.4 is 0 Å². The number of benzene rings is 1. The van der Waals surface area contributed by atoms with Crippen molar-refractivity contribution in [2.24, 2.45) is 5.92 Å². The molecule has 1 aromatic carbocycles. The smallest absolute Gasteiger partial charge is 0.162 e. The number of hydrogen-bond donors (Lipinski definition) is 0. The van der Waals surface area contributed by atoms with Crippen LogP contribution in [0.4, 0.5) is 0 Å². The van der Waals surface area contributed by atoms with Crippen LogP contribution in [-0.4, -0.2) is 24.8 Å². The molecule has 3 nitrogen and oxygen atoms in total. The van der Waals surface area contributed by atoms with Crippen molar-refractivity contribution in [2.45, 2.75) is 78.1 Å². The van der Waals surface area contributed by atoms with E-state index in [4.69, 9.17) is 9.47 Å². The summed E-state index contributed by atoms with van der Waals surface area (Å²) < 4.78 is 11.7. The van der Waals surface area contributed by atoms with E-state index >= 15 is 0 Å². The minimum Gasteiger partial charge on any atom is -0.350 e. The molecule has 2 rings (SSSR count). The van der Waals surface area contributed by atoms with E-state index < -0.39 is 0 Å². The van der Waals surface area contributed by atoms with Crippen molar-refractivity contribution in [1.82, 2.24) is 0 Å². The van der Waals surface area contributed by atoms with Crippen LogP contribution in [0, 0.1) is 5.92 Å². The third-order valence-corrected chi connectivity index (χ3v) is 4.85.